The number of hydrogen-bond donors (Lipinski definition) is 1. The minimum absolute atomic E-state index is 0.00461. The van der Waals surface area contributed by atoms with Crippen molar-refractivity contribution in [2.75, 3.05) is 13.6 Å². The fraction of sp³-hybridized carbons (Fsp3) is 0.474. The summed E-state index contributed by atoms with van der Waals surface area (Å²) in [5.74, 6) is 1.14. The van der Waals surface area contributed by atoms with Gasteiger partial charge >= 0.3 is 0 Å². The smallest absolute Gasteiger partial charge is 0.289 e. The second-order valence-corrected chi connectivity index (χ2v) is 7.15. The number of nitrogens with zero attached hydrogens (tertiary/aromatic N) is 3. The van der Waals surface area contributed by atoms with Crippen molar-refractivity contribution in [2.24, 2.45) is 5.92 Å². The molecule has 7 nitrogen and oxygen atoms in total. The van der Waals surface area contributed by atoms with Crippen LogP contribution in [0, 0.1) is 12.8 Å². The van der Waals surface area contributed by atoms with Crippen molar-refractivity contribution in [1.29, 1.82) is 0 Å². The van der Waals surface area contributed by atoms with E-state index in [2.05, 4.69) is 15.3 Å². The maximum atomic E-state index is 12.5. The predicted molar refractivity (Wildman–Crippen MR) is 93.4 cm³/mol. The molecule has 0 spiro atoms. The van der Waals surface area contributed by atoms with E-state index in [9.17, 15) is 9.59 Å². The number of nitrogens with one attached hydrogen (secondary N) is 1. The molecule has 2 aliphatic rings. The Hall–Kier alpha value is -2.70. The minimum Gasteiger partial charge on any atom is -0.435 e. The number of carbonyl (C=O) groups excluding carboxylic acids is 2. The Morgan fingerprint density at radius 3 is 2.77 bits per heavy atom. The third-order valence-electron chi connectivity index (χ3n) is 5.21. The number of carbonyl (C=O) groups is 2. The zero-order valence-electron chi connectivity index (χ0n) is 14.9. The van der Waals surface area contributed by atoms with E-state index >= 15 is 0 Å². The van der Waals surface area contributed by atoms with Crippen molar-refractivity contribution in [1.82, 2.24) is 20.2 Å². The second-order valence-electron chi connectivity index (χ2n) is 7.15. The van der Waals surface area contributed by atoms with Gasteiger partial charge in [0.1, 0.15) is 0 Å². The molecule has 0 unspecified atom stereocenters. The zero-order valence-corrected chi connectivity index (χ0v) is 14.9. The molecule has 1 aliphatic heterocycles. The highest BCUT2D eigenvalue weighted by Gasteiger charge is 2.39. The molecular formula is C19H22N4O3. The highest BCUT2D eigenvalue weighted by Crippen LogP contribution is 2.40. The summed E-state index contributed by atoms with van der Waals surface area (Å²) in [7, 11) is 1.80. The molecule has 1 N–H and O–H groups in total. The van der Waals surface area contributed by atoms with E-state index in [0.717, 1.165) is 18.4 Å². The van der Waals surface area contributed by atoms with Crippen LogP contribution in [0.5, 0.6) is 0 Å². The standard InChI is InChI=1S/C19H22N4O3/c1-11-17(26-19(22-11)13-3-4-13)18(25)21-10-14-9-15(24)23(2)16(14)12-5-7-20-8-6-12/h5-8,13-14,16H,3-4,9-10H2,1-2H3,(H,21,25)/t14-,16-/m0/s1. The number of aromatic nitrogens is 2. The maximum Gasteiger partial charge on any atom is 0.289 e. The first-order chi connectivity index (χ1) is 12.5. The van der Waals surface area contributed by atoms with Crippen LogP contribution in [0.4, 0.5) is 0 Å². The Balaban J connectivity index is 1.46. The molecule has 2 aromatic rings. The van der Waals surface area contributed by atoms with Crippen molar-refractivity contribution >= 4 is 11.8 Å². The van der Waals surface area contributed by atoms with E-state index in [-0.39, 0.29) is 29.5 Å². The van der Waals surface area contributed by atoms with Crippen LogP contribution in [0.2, 0.25) is 0 Å². The Labute approximate surface area is 151 Å². The number of likely N-dealkylation sites (tertiary alicyclic amines) is 1. The van der Waals surface area contributed by atoms with Crippen molar-refractivity contribution in [3.63, 3.8) is 0 Å². The van der Waals surface area contributed by atoms with Crippen LogP contribution in [0.25, 0.3) is 0 Å². The van der Waals surface area contributed by atoms with Crippen molar-refractivity contribution in [2.45, 2.75) is 38.1 Å². The van der Waals surface area contributed by atoms with Gasteiger partial charge in [0.15, 0.2) is 5.89 Å². The summed E-state index contributed by atoms with van der Waals surface area (Å²) in [4.78, 5) is 34.9. The molecule has 2 atom stereocenters. The summed E-state index contributed by atoms with van der Waals surface area (Å²) in [5.41, 5.74) is 1.65. The Morgan fingerprint density at radius 2 is 2.08 bits per heavy atom. The number of pyridine rings is 1. The van der Waals surface area contributed by atoms with Gasteiger partial charge in [0.25, 0.3) is 5.91 Å². The van der Waals surface area contributed by atoms with Gasteiger partial charge in [0, 0.05) is 44.2 Å². The van der Waals surface area contributed by atoms with E-state index in [0.29, 0.717) is 30.5 Å². The first-order valence-corrected chi connectivity index (χ1v) is 8.95. The van der Waals surface area contributed by atoms with Gasteiger partial charge in [0.2, 0.25) is 11.7 Å². The third-order valence-corrected chi connectivity index (χ3v) is 5.21. The van der Waals surface area contributed by atoms with Gasteiger partial charge in [0.05, 0.1) is 11.7 Å². The van der Waals surface area contributed by atoms with Crippen LogP contribution in [-0.2, 0) is 4.79 Å². The quantitative estimate of drug-likeness (QED) is 0.889. The average Bonchev–Trinajstić information content (AvgIpc) is 3.36. The monoisotopic (exact) mass is 354 g/mol. The fourth-order valence-electron chi connectivity index (χ4n) is 3.63. The first kappa shape index (κ1) is 16.8. The van der Waals surface area contributed by atoms with Crippen LogP contribution >= 0.6 is 0 Å². The van der Waals surface area contributed by atoms with E-state index in [4.69, 9.17) is 4.42 Å². The van der Waals surface area contributed by atoms with E-state index in [1.807, 2.05) is 12.1 Å². The molecule has 2 amide bonds. The third kappa shape index (κ3) is 3.09. The molecule has 1 saturated heterocycles. The van der Waals surface area contributed by atoms with Crippen LogP contribution < -0.4 is 5.32 Å². The Morgan fingerprint density at radius 1 is 1.35 bits per heavy atom. The molecule has 26 heavy (non-hydrogen) atoms. The van der Waals surface area contributed by atoms with Gasteiger partial charge in [-0.25, -0.2) is 4.98 Å². The summed E-state index contributed by atoms with van der Waals surface area (Å²) in [6.45, 7) is 2.19. The summed E-state index contributed by atoms with van der Waals surface area (Å²) in [6.07, 6.45) is 6.00. The topological polar surface area (TPSA) is 88.3 Å². The molecule has 136 valence electrons. The summed E-state index contributed by atoms with van der Waals surface area (Å²) in [6, 6.07) is 3.76. The minimum atomic E-state index is -0.266. The molecule has 7 heteroatoms. The van der Waals surface area contributed by atoms with Crippen molar-refractivity contribution in [3.8, 4) is 0 Å². The lowest BCUT2D eigenvalue weighted by molar-refractivity contribution is -0.127. The van der Waals surface area contributed by atoms with Crippen LogP contribution in [-0.4, -0.2) is 40.3 Å². The molecule has 0 bridgehead atoms. The second kappa shape index (κ2) is 6.55. The molecule has 1 saturated carbocycles. The van der Waals surface area contributed by atoms with E-state index in [1.54, 1.807) is 31.3 Å². The maximum absolute atomic E-state index is 12.5. The average molecular weight is 354 g/mol. The molecule has 3 heterocycles. The number of amides is 2. The molecule has 2 fully saturated rings. The number of aryl methyl sites for hydroxylation is 1. The summed E-state index contributed by atoms with van der Waals surface area (Å²) >= 11 is 0. The first-order valence-electron chi connectivity index (χ1n) is 8.95. The van der Waals surface area contributed by atoms with E-state index < -0.39 is 0 Å². The van der Waals surface area contributed by atoms with Crippen LogP contribution in [0.15, 0.2) is 28.9 Å². The number of oxazole rings is 1. The molecule has 1 aliphatic carbocycles. The van der Waals surface area contributed by atoms with Gasteiger partial charge in [-0.1, -0.05) is 0 Å². The normalized spacial score (nSPS) is 22.7. The molecule has 2 aromatic heterocycles. The highest BCUT2D eigenvalue weighted by molar-refractivity contribution is 5.92. The number of hydrogen-bond acceptors (Lipinski definition) is 5. The van der Waals surface area contributed by atoms with Crippen LogP contribution in [0.3, 0.4) is 0 Å². The number of rotatable bonds is 5. The molecule has 4 rings (SSSR count). The summed E-state index contributed by atoms with van der Waals surface area (Å²) in [5, 5.41) is 2.93. The van der Waals surface area contributed by atoms with Crippen molar-refractivity contribution < 1.29 is 14.0 Å². The molecular weight excluding hydrogens is 332 g/mol. The van der Waals surface area contributed by atoms with Crippen molar-refractivity contribution in [3.05, 3.63) is 47.4 Å². The lowest BCUT2D eigenvalue weighted by Gasteiger charge is -2.25. The summed E-state index contributed by atoms with van der Waals surface area (Å²) < 4.78 is 5.66. The van der Waals surface area contributed by atoms with Gasteiger partial charge in [-0.2, -0.15) is 0 Å². The largest absolute Gasteiger partial charge is 0.435 e. The Bertz CT molecular complexity index is 829. The van der Waals surface area contributed by atoms with Crippen LogP contribution in [0.1, 0.15) is 58.9 Å². The fourth-order valence-corrected chi connectivity index (χ4v) is 3.63. The zero-order chi connectivity index (χ0) is 18.3. The SMILES string of the molecule is Cc1nc(C2CC2)oc1C(=O)NC[C@@H]1CC(=O)N(C)[C@H]1c1ccncc1. The Kier molecular flexibility index (Phi) is 4.22. The van der Waals surface area contributed by atoms with E-state index in [1.165, 1.54) is 0 Å². The molecule has 0 radical (unpaired) electrons. The van der Waals surface area contributed by atoms with Gasteiger partial charge < -0.3 is 14.6 Å². The lowest BCUT2D eigenvalue weighted by atomic mass is 9.94. The van der Waals surface area contributed by atoms with Gasteiger partial charge in [-0.05, 0) is 37.5 Å². The van der Waals surface area contributed by atoms with Gasteiger partial charge in [-0.15, -0.1) is 0 Å². The lowest BCUT2D eigenvalue weighted by Crippen LogP contribution is -2.32. The predicted octanol–water partition coefficient (Wildman–Crippen LogP) is 2.20. The highest BCUT2D eigenvalue weighted by atomic mass is 16.4. The molecule has 0 aromatic carbocycles. The van der Waals surface area contributed by atoms with Gasteiger partial charge in [-0.3, -0.25) is 14.6 Å².